The molecule has 0 saturated carbocycles. The van der Waals surface area contributed by atoms with Crippen LogP contribution in [-0.2, 0) is 6.42 Å². The van der Waals surface area contributed by atoms with Gasteiger partial charge in [0.1, 0.15) is 5.82 Å². The van der Waals surface area contributed by atoms with Crippen LogP contribution >= 0.6 is 0 Å². The number of aromatic nitrogens is 2. The third kappa shape index (κ3) is 4.42. The van der Waals surface area contributed by atoms with Crippen molar-refractivity contribution in [3.8, 4) is 55.9 Å². The minimum atomic E-state index is -0.0676. The average Bonchev–Trinajstić information content (AvgIpc) is 3.62. The van der Waals surface area contributed by atoms with Crippen molar-refractivity contribution < 1.29 is 9.90 Å². The maximum atomic E-state index is 14.9. The van der Waals surface area contributed by atoms with Crippen molar-refractivity contribution in [1.82, 2.24) is 9.55 Å². The molecule has 45 heavy (non-hydrogen) atoms. The number of fused-ring (bicyclic) bond motifs is 5. The summed E-state index contributed by atoms with van der Waals surface area (Å²) < 4.78 is 1.80. The molecule has 1 aromatic heterocycles. The predicted octanol–water partition coefficient (Wildman–Crippen LogP) is 9.30. The molecule has 216 valence electrons. The monoisotopic (exact) mass is 582 g/mol. The zero-order chi connectivity index (χ0) is 30.3. The zero-order valence-corrected chi connectivity index (χ0v) is 24.7. The Labute approximate surface area is 261 Å². The van der Waals surface area contributed by atoms with Gasteiger partial charge in [0, 0.05) is 23.3 Å². The van der Waals surface area contributed by atoms with Crippen molar-refractivity contribution in [3.63, 3.8) is 0 Å². The summed E-state index contributed by atoms with van der Waals surface area (Å²) in [7, 11) is 0. The molecule has 0 fully saturated rings. The van der Waals surface area contributed by atoms with E-state index in [-0.39, 0.29) is 12.5 Å². The standard InChI is InChI=1S/C41H30N2O2/c44-25-13-15-27-14-12-22-31(26-27)37-34(28-16-4-1-5-17-28)35(29-18-6-2-7-19-29)38-39(36(37)30-20-8-3-9-21-30)41(45)43-33-24-11-10-23-32(33)42-40(38)43/h1-12,14,16-24,26,44H,13,15,25H2. The van der Waals surface area contributed by atoms with Crippen molar-refractivity contribution in [2.75, 3.05) is 6.61 Å². The molecule has 1 aliphatic rings. The number of carbonyl (C=O) groups excluding carboxylic acids is 1. The third-order valence-electron chi connectivity index (χ3n) is 8.73. The molecule has 0 radical (unpaired) electrons. The van der Waals surface area contributed by atoms with E-state index >= 15 is 0 Å². The van der Waals surface area contributed by atoms with Gasteiger partial charge in [0.25, 0.3) is 5.91 Å². The smallest absolute Gasteiger partial charge is 0.265 e. The lowest BCUT2D eigenvalue weighted by atomic mass is 9.77. The SMILES string of the molecule is O=C1c2c(-c3ccccc3)c(-c3cccc(CCCO)c3)c(-c3ccccc3)c(-c3ccccc3)c2-c2nc3ccccc3n21. The predicted molar refractivity (Wildman–Crippen MR) is 182 cm³/mol. The molecule has 1 aliphatic heterocycles. The molecule has 0 spiro atoms. The number of hydrogen-bond acceptors (Lipinski definition) is 3. The van der Waals surface area contributed by atoms with E-state index in [9.17, 15) is 9.90 Å². The maximum absolute atomic E-state index is 14.9. The van der Waals surface area contributed by atoms with Gasteiger partial charge in [-0.25, -0.2) is 4.98 Å². The molecule has 4 heteroatoms. The molecule has 6 aromatic carbocycles. The zero-order valence-electron chi connectivity index (χ0n) is 24.7. The van der Waals surface area contributed by atoms with Crippen LogP contribution in [0.2, 0.25) is 0 Å². The highest BCUT2D eigenvalue weighted by Gasteiger charge is 2.39. The van der Waals surface area contributed by atoms with Crippen LogP contribution in [0, 0.1) is 0 Å². The summed E-state index contributed by atoms with van der Waals surface area (Å²) in [4.78, 5) is 20.0. The molecule has 1 N–H and O–H groups in total. The van der Waals surface area contributed by atoms with Crippen molar-refractivity contribution >= 4 is 16.9 Å². The fourth-order valence-corrected chi connectivity index (χ4v) is 6.83. The molecule has 2 heterocycles. The number of para-hydroxylation sites is 2. The van der Waals surface area contributed by atoms with Gasteiger partial charge in [0.05, 0.1) is 16.6 Å². The maximum Gasteiger partial charge on any atom is 0.265 e. The lowest BCUT2D eigenvalue weighted by Gasteiger charge is -2.24. The van der Waals surface area contributed by atoms with Gasteiger partial charge in [-0.15, -0.1) is 0 Å². The second-order valence-corrected chi connectivity index (χ2v) is 11.4. The fourth-order valence-electron chi connectivity index (χ4n) is 6.83. The number of hydrogen-bond donors (Lipinski definition) is 1. The van der Waals surface area contributed by atoms with E-state index in [4.69, 9.17) is 4.98 Å². The summed E-state index contributed by atoms with van der Waals surface area (Å²) in [6, 6.07) is 47.6. The van der Waals surface area contributed by atoms with Gasteiger partial charge in [0.15, 0.2) is 0 Å². The fraction of sp³-hybridized carbons (Fsp3) is 0.0732. The largest absolute Gasteiger partial charge is 0.396 e. The first-order valence-electron chi connectivity index (χ1n) is 15.4. The van der Waals surface area contributed by atoms with Gasteiger partial charge in [-0.2, -0.15) is 0 Å². The van der Waals surface area contributed by atoms with E-state index in [0.29, 0.717) is 17.8 Å². The Morgan fingerprint density at radius 1 is 0.533 bits per heavy atom. The summed E-state index contributed by atoms with van der Waals surface area (Å²) in [6.45, 7) is 0.139. The molecule has 0 aliphatic carbocycles. The first-order valence-corrected chi connectivity index (χ1v) is 15.4. The summed E-state index contributed by atoms with van der Waals surface area (Å²) in [6.07, 6.45) is 1.45. The molecule has 0 amide bonds. The summed E-state index contributed by atoms with van der Waals surface area (Å²) in [5.74, 6) is 0.606. The summed E-state index contributed by atoms with van der Waals surface area (Å²) in [5, 5.41) is 9.59. The van der Waals surface area contributed by atoms with Crippen LogP contribution in [0.4, 0.5) is 0 Å². The van der Waals surface area contributed by atoms with Gasteiger partial charge < -0.3 is 5.11 Å². The van der Waals surface area contributed by atoms with Crippen molar-refractivity contribution in [3.05, 3.63) is 151 Å². The first-order chi connectivity index (χ1) is 22.2. The van der Waals surface area contributed by atoms with E-state index in [0.717, 1.165) is 73.1 Å². The Bertz CT molecular complexity index is 2200. The van der Waals surface area contributed by atoms with E-state index in [2.05, 4.69) is 84.9 Å². The van der Waals surface area contributed by atoms with Crippen molar-refractivity contribution in [2.45, 2.75) is 12.8 Å². The topological polar surface area (TPSA) is 55.1 Å². The number of aliphatic hydroxyl groups excluding tert-OH is 1. The number of benzene rings is 6. The van der Waals surface area contributed by atoms with Crippen LogP contribution in [0.1, 0.15) is 22.3 Å². The second kappa shape index (κ2) is 11.2. The van der Waals surface area contributed by atoms with Crippen LogP contribution < -0.4 is 0 Å². The first kappa shape index (κ1) is 27.0. The lowest BCUT2D eigenvalue weighted by molar-refractivity contribution is 0.0974. The Morgan fingerprint density at radius 3 is 1.67 bits per heavy atom. The molecule has 7 aromatic rings. The number of imidazole rings is 1. The van der Waals surface area contributed by atoms with Crippen molar-refractivity contribution in [1.29, 1.82) is 0 Å². The highest BCUT2D eigenvalue weighted by atomic mass is 16.2. The number of nitrogens with zero attached hydrogens (tertiary/aromatic N) is 2. The quantitative estimate of drug-likeness (QED) is 0.204. The van der Waals surface area contributed by atoms with Gasteiger partial charge in [-0.05, 0) is 63.9 Å². The molecule has 4 nitrogen and oxygen atoms in total. The highest BCUT2D eigenvalue weighted by molar-refractivity contribution is 6.24. The Balaban J connectivity index is 1.61. The van der Waals surface area contributed by atoms with E-state index in [1.165, 1.54) is 0 Å². The molecule has 8 rings (SSSR count). The Hall–Kier alpha value is -5.58. The second-order valence-electron chi connectivity index (χ2n) is 11.4. The summed E-state index contributed by atoms with van der Waals surface area (Å²) >= 11 is 0. The minimum absolute atomic E-state index is 0.0676. The number of carbonyl (C=O) groups is 1. The van der Waals surface area contributed by atoms with E-state index in [1.54, 1.807) is 4.57 Å². The number of aryl methyl sites for hydroxylation is 1. The Kier molecular flexibility index (Phi) is 6.70. The van der Waals surface area contributed by atoms with Gasteiger partial charge >= 0.3 is 0 Å². The van der Waals surface area contributed by atoms with Crippen molar-refractivity contribution in [2.24, 2.45) is 0 Å². The van der Waals surface area contributed by atoms with E-state index in [1.807, 2.05) is 54.6 Å². The van der Waals surface area contributed by atoms with Gasteiger partial charge in [-0.3, -0.25) is 9.36 Å². The molecule has 0 bridgehead atoms. The molecule has 0 saturated heterocycles. The van der Waals surface area contributed by atoms with Gasteiger partial charge in [0.2, 0.25) is 0 Å². The van der Waals surface area contributed by atoms with Crippen LogP contribution in [-0.4, -0.2) is 27.2 Å². The molecular formula is C41H30N2O2. The van der Waals surface area contributed by atoms with Crippen LogP contribution in [0.15, 0.2) is 140 Å². The lowest BCUT2D eigenvalue weighted by Crippen LogP contribution is -2.09. The number of rotatable bonds is 7. The van der Waals surface area contributed by atoms with Crippen LogP contribution in [0.3, 0.4) is 0 Å². The molecule has 0 unspecified atom stereocenters. The summed E-state index contributed by atoms with van der Waals surface area (Å²) in [5.41, 5.74) is 12.4. The molecular weight excluding hydrogens is 552 g/mol. The third-order valence-corrected chi connectivity index (χ3v) is 8.73. The highest BCUT2D eigenvalue weighted by Crippen LogP contribution is 2.55. The Morgan fingerprint density at radius 2 is 1.04 bits per heavy atom. The van der Waals surface area contributed by atoms with E-state index < -0.39 is 0 Å². The minimum Gasteiger partial charge on any atom is -0.396 e. The van der Waals surface area contributed by atoms with Crippen LogP contribution in [0.5, 0.6) is 0 Å². The van der Waals surface area contributed by atoms with Gasteiger partial charge in [-0.1, -0.05) is 127 Å². The molecule has 0 atom stereocenters. The average molecular weight is 583 g/mol. The number of aliphatic hydroxyl groups is 1. The normalized spacial score (nSPS) is 12.0. The van der Waals surface area contributed by atoms with Crippen LogP contribution in [0.25, 0.3) is 66.9 Å².